The van der Waals surface area contributed by atoms with Gasteiger partial charge in [-0.15, -0.1) is 0 Å². The molecule has 0 aliphatic heterocycles. The Morgan fingerprint density at radius 1 is 1.24 bits per heavy atom. The van der Waals surface area contributed by atoms with Gasteiger partial charge < -0.3 is 10.1 Å². The van der Waals surface area contributed by atoms with Crippen LogP contribution in [0.2, 0.25) is 0 Å². The number of hydrogen-bond acceptors (Lipinski definition) is 2. The number of hydrogen-bond donors (Lipinski definition) is 1. The van der Waals surface area contributed by atoms with Crippen LogP contribution in [0.5, 0.6) is 0 Å². The molecule has 0 aromatic rings. The summed E-state index contributed by atoms with van der Waals surface area (Å²) in [6.45, 7) is 12.5. The third kappa shape index (κ3) is 4.26. The number of methoxy groups -OCH3 is 1. The molecule has 0 saturated heterocycles. The van der Waals surface area contributed by atoms with Crippen LogP contribution in [0, 0.1) is 11.3 Å². The van der Waals surface area contributed by atoms with Crippen LogP contribution in [0.25, 0.3) is 0 Å². The highest BCUT2D eigenvalue weighted by molar-refractivity contribution is 4.92. The van der Waals surface area contributed by atoms with Crippen molar-refractivity contribution in [3.8, 4) is 0 Å². The summed E-state index contributed by atoms with van der Waals surface area (Å²) in [5, 5.41) is 3.54. The molecule has 0 atom stereocenters. The largest absolute Gasteiger partial charge is 0.377 e. The van der Waals surface area contributed by atoms with Gasteiger partial charge in [0, 0.05) is 19.7 Å². The van der Waals surface area contributed by atoms with Crippen molar-refractivity contribution >= 4 is 0 Å². The summed E-state index contributed by atoms with van der Waals surface area (Å²) in [6.07, 6.45) is 5.00. The van der Waals surface area contributed by atoms with Crippen molar-refractivity contribution in [3.05, 3.63) is 0 Å². The van der Waals surface area contributed by atoms with Crippen LogP contribution in [0.4, 0.5) is 0 Å². The molecule has 0 amide bonds. The minimum absolute atomic E-state index is 0.0893. The lowest BCUT2D eigenvalue weighted by Gasteiger charge is -2.43. The van der Waals surface area contributed by atoms with E-state index in [4.69, 9.17) is 4.74 Å². The molecule has 1 aliphatic carbocycles. The molecular formula is C15H31NO. The first-order chi connectivity index (χ1) is 7.79. The van der Waals surface area contributed by atoms with Crippen molar-refractivity contribution in [1.29, 1.82) is 0 Å². The topological polar surface area (TPSA) is 21.3 Å². The first kappa shape index (κ1) is 15.0. The molecule has 1 fully saturated rings. The van der Waals surface area contributed by atoms with Crippen molar-refractivity contribution in [3.63, 3.8) is 0 Å². The van der Waals surface area contributed by atoms with E-state index in [1.54, 1.807) is 0 Å². The maximum atomic E-state index is 5.83. The quantitative estimate of drug-likeness (QED) is 0.812. The molecule has 0 spiro atoms. The van der Waals surface area contributed by atoms with Gasteiger partial charge in [0.2, 0.25) is 0 Å². The summed E-state index contributed by atoms with van der Waals surface area (Å²) in [4.78, 5) is 0. The number of ether oxygens (including phenoxy) is 1. The average molecular weight is 241 g/mol. The molecule has 0 heterocycles. The van der Waals surface area contributed by atoms with E-state index in [0.29, 0.717) is 11.5 Å². The average Bonchev–Trinajstić information content (AvgIpc) is 2.26. The van der Waals surface area contributed by atoms with Gasteiger partial charge in [-0.05, 0) is 37.0 Å². The van der Waals surface area contributed by atoms with E-state index in [1.807, 2.05) is 7.11 Å². The second-order valence-corrected chi connectivity index (χ2v) is 7.06. The van der Waals surface area contributed by atoms with Crippen molar-refractivity contribution in [2.75, 3.05) is 13.7 Å². The third-order valence-corrected chi connectivity index (χ3v) is 4.39. The second-order valence-electron chi connectivity index (χ2n) is 7.06. The van der Waals surface area contributed by atoms with E-state index in [0.717, 1.165) is 12.5 Å². The Bertz CT molecular complexity index is 222. The lowest BCUT2D eigenvalue weighted by Crippen LogP contribution is -2.48. The smallest absolute Gasteiger partial charge is 0.0802 e. The van der Waals surface area contributed by atoms with Crippen LogP contribution in [-0.4, -0.2) is 25.3 Å². The van der Waals surface area contributed by atoms with E-state index >= 15 is 0 Å². The van der Waals surface area contributed by atoms with Crippen LogP contribution in [0.3, 0.4) is 0 Å². The van der Waals surface area contributed by atoms with Crippen molar-refractivity contribution in [1.82, 2.24) is 5.32 Å². The highest BCUT2D eigenvalue weighted by Crippen LogP contribution is 2.42. The first-order valence-electron chi connectivity index (χ1n) is 7.08. The molecule has 0 aromatic carbocycles. The predicted molar refractivity (Wildman–Crippen MR) is 74.3 cm³/mol. The molecule has 1 aliphatic rings. The fourth-order valence-electron chi connectivity index (χ4n) is 2.85. The molecule has 2 nitrogen and oxygen atoms in total. The molecule has 17 heavy (non-hydrogen) atoms. The van der Waals surface area contributed by atoms with Crippen LogP contribution < -0.4 is 5.32 Å². The monoisotopic (exact) mass is 241 g/mol. The molecule has 0 aromatic heterocycles. The summed E-state index contributed by atoms with van der Waals surface area (Å²) < 4.78 is 5.83. The van der Waals surface area contributed by atoms with E-state index in [2.05, 4.69) is 39.9 Å². The maximum Gasteiger partial charge on any atom is 0.0802 e. The van der Waals surface area contributed by atoms with Crippen molar-refractivity contribution in [2.45, 2.75) is 71.9 Å². The van der Waals surface area contributed by atoms with Crippen molar-refractivity contribution in [2.24, 2.45) is 11.3 Å². The lowest BCUT2D eigenvalue weighted by atomic mass is 9.68. The Hall–Kier alpha value is -0.0800. The van der Waals surface area contributed by atoms with Crippen LogP contribution in [-0.2, 0) is 4.74 Å². The highest BCUT2D eigenvalue weighted by atomic mass is 16.5. The van der Waals surface area contributed by atoms with E-state index in [9.17, 15) is 0 Å². The maximum absolute atomic E-state index is 5.83. The van der Waals surface area contributed by atoms with Gasteiger partial charge in [0.1, 0.15) is 0 Å². The Labute approximate surface area is 108 Å². The predicted octanol–water partition coefficient (Wildman–Crippen LogP) is 3.61. The zero-order chi connectivity index (χ0) is 13.1. The van der Waals surface area contributed by atoms with Crippen LogP contribution in [0.15, 0.2) is 0 Å². The Morgan fingerprint density at radius 2 is 1.76 bits per heavy atom. The zero-order valence-corrected chi connectivity index (χ0v) is 12.6. The second kappa shape index (κ2) is 5.71. The summed E-state index contributed by atoms with van der Waals surface area (Å²) >= 11 is 0. The van der Waals surface area contributed by atoms with E-state index in [-0.39, 0.29) is 5.60 Å². The summed E-state index contributed by atoms with van der Waals surface area (Å²) in [7, 11) is 1.87. The van der Waals surface area contributed by atoms with Gasteiger partial charge in [0.05, 0.1) is 5.60 Å². The molecule has 1 saturated carbocycles. The molecule has 1 rings (SSSR count). The molecule has 0 unspecified atom stereocenters. The van der Waals surface area contributed by atoms with Gasteiger partial charge in [-0.3, -0.25) is 0 Å². The molecule has 1 N–H and O–H groups in total. The van der Waals surface area contributed by atoms with Crippen molar-refractivity contribution < 1.29 is 4.74 Å². The van der Waals surface area contributed by atoms with E-state index < -0.39 is 0 Å². The number of nitrogens with one attached hydrogen (secondary N) is 1. The Morgan fingerprint density at radius 3 is 2.12 bits per heavy atom. The molecule has 0 bridgehead atoms. The fourth-order valence-corrected chi connectivity index (χ4v) is 2.85. The minimum Gasteiger partial charge on any atom is -0.377 e. The fraction of sp³-hybridized carbons (Fsp3) is 1.00. The highest BCUT2D eigenvalue weighted by Gasteiger charge is 2.38. The standard InChI is InChI=1S/C15H31NO/c1-12(2)16-11-15(17-6)9-7-13(8-10-15)14(3,4)5/h12-13,16H,7-11H2,1-6H3. The Kier molecular flexibility index (Phi) is 5.03. The van der Waals surface area contributed by atoms with Gasteiger partial charge in [-0.2, -0.15) is 0 Å². The van der Waals surface area contributed by atoms with Gasteiger partial charge in [0.15, 0.2) is 0 Å². The molecule has 102 valence electrons. The summed E-state index contributed by atoms with van der Waals surface area (Å²) in [5.41, 5.74) is 0.539. The minimum atomic E-state index is 0.0893. The van der Waals surface area contributed by atoms with E-state index in [1.165, 1.54) is 25.7 Å². The normalized spacial score (nSPS) is 30.9. The number of rotatable bonds is 4. The molecule has 2 heteroatoms. The van der Waals surface area contributed by atoms with Gasteiger partial charge in [-0.1, -0.05) is 34.6 Å². The third-order valence-electron chi connectivity index (χ3n) is 4.39. The zero-order valence-electron chi connectivity index (χ0n) is 12.6. The van der Waals surface area contributed by atoms with Gasteiger partial charge in [-0.25, -0.2) is 0 Å². The summed E-state index contributed by atoms with van der Waals surface area (Å²) in [6, 6.07) is 0.544. The van der Waals surface area contributed by atoms with Gasteiger partial charge >= 0.3 is 0 Å². The molecular weight excluding hydrogens is 210 g/mol. The first-order valence-corrected chi connectivity index (χ1v) is 7.08. The van der Waals surface area contributed by atoms with Crippen LogP contribution >= 0.6 is 0 Å². The van der Waals surface area contributed by atoms with Crippen LogP contribution in [0.1, 0.15) is 60.3 Å². The Balaban J connectivity index is 2.51. The summed E-state index contributed by atoms with van der Waals surface area (Å²) in [5.74, 6) is 0.852. The SMILES string of the molecule is COC1(CNC(C)C)CCC(C(C)(C)C)CC1. The van der Waals surface area contributed by atoms with Gasteiger partial charge in [0.25, 0.3) is 0 Å². The molecule has 0 radical (unpaired) electrons. The lowest BCUT2D eigenvalue weighted by molar-refractivity contribution is -0.0590.